The molecule has 3 rings (SSSR count). The summed E-state index contributed by atoms with van der Waals surface area (Å²) in [7, 11) is 0. The number of thioether (sulfide) groups is 1. The highest BCUT2D eigenvalue weighted by Crippen LogP contribution is 2.37. The number of carbonyl (C=O) groups is 2. The third-order valence-electron chi connectivity index (χ3n) is 4.53. The Balaban J connectivity index is 1.67. The molecule has 0 unspecified atom stereocenters. The monoisotopic (exact) mass is 409 g/mol. The first-order valence-electron chi connectivity index (χ1n) is 8.12. The van der Waals surface area contributed by atoms with Gasteiger partial charge in [0.05, 0.1) is 16.0 Å². The van der Waals surface area contributed by atoms with Crippen molar-refractivity contribution in [3.63, 3.8) is 0 Å². The van der Waals surface area contributed by atoms with Gasteiger partial charge >= 0.3 is 0 Å². The Morgan fingerprint density at radius 3 is 2.67 bits per heavy atom. The Kier molecular flexibility index (Phi) is 5.35. The zero-order chi connectivity index (χ0) is 17.2. The Bertz CT molecular complexity index is 696. The SMILES string of the molecule is CC1(COc2ccc(C=C3SC(=O)NC3=O)cc2Br)CCCCC1. The lowest BCUT2D eigenvalue weighted by molar-refractivity contribution is -0.115. The molecule has 1 aliphatic carbocycles. The molecule has 0 radical (unpaired) electrons. The van der Waals surface area contributed by atoms with E-state index in [4.69, 9.17) is 4.74 Å². The van der Waals surface area contributed by atoms with Crippen molar-refractivity contribution in [3.05, 3.63) is 33.1 Å². The molecular weight excluding hydrogens is 390 g/mol. The molecule has 0 aromatic heterocycles. The summed E-state index contributed by atoms with van der Waals surface area (Å²) in [6.07, 6.45) is 8.04. The molecule has 2 fully saturated rings. The summed E-state index contributed by atoms with van der Waals surface area (Å²) in [5, 5.41) is 1.93. The molecule has 1 saturated heterocycles. The summed E-state index contributed by atoms with van der Waals surface area (Å²) in [6.45, 7) is 3.02. The molecule has 1 saturated carbocycles. The highest BCUT2D eigenvalue weighted by atomic mass is 79.9. The summed E-state index contributed by atoms with van der Waals surface area (Å²) < 4.78 is 6.89. The van der Waals surface area contributed by atoms with Crippen molar-refractivity contribution >= 4 is 44.9 Å². The Labute approximate surface area is 154 Å². The molecular formula is C18H20BrNO3S. The maximum absolute atomic E-state index is 11.6. The van der Waals surface area contributed by atoms with Crippen molar-refractivity contribution in [1.82, 2.24) is 5.32 Å². The van der Waals surface area contributed by atoms with E-state index in [9.17, 15) is 9.59 Å². The smallest absolute Gasteiger partial charge is 0.290 e. The van der Waals surface area contributed by atoms with E-state index in [-0.39, 0.29) is 16.6 Å². The van der Waals surface area contributed by atoms with Gasteiger partial charge in [0.15, 0.2) is 0 Å². The fourth-order valence-corrected chi connectivity index (χ4v) is 4.29. The van der Waals surface area contributed by atoms with Crippen LogP contribution in [-0.2, 0) is 4.79 Å². The summed E-state index contributed by atoms with van der Waals surface area (Å²) in [5.41, 5.74) is 1.11. The number of ether oxygens (including phenoxy) is 1. The van der Waals surface area contributed by atoms with E-state index < -0.39 is 0 Å². The predicted octanol–water partition coefficient (Wildman–Crippen LogP) is 5.12. The lowest BCUT2D eigenvalue weighted by atomic mass is 9.76. The van der Waals surface area contributed by atoms with Gasteiger partial charge in [-0.25, -0.2) is 0 Å². The average Bonchev–Trinajstić information content (AvgIpc) is 2.85. The van der Waals surface area contributed by atoms with Crippen LogP contribution in [0.5, 0.6) is 5.75 Å². The molecule has 2 aliphatic rings. The topological polar surface area (TPSA) is 55.4 Å². The van der Waals surface area contributed by atoms with Crippen molar-refractivity contribution in [3.8, 4) is 5.75 Å². The summed E-state index contributed by atoms with van der Waals surface area (Å²) >= 11 is 4.46. The molecule has 6 heteroatoms. The maximum atomic E-state index is 11.6. The van der Waals surface area contributed by atoms with E-state index in [1.807, 2.05) is 18.2 Å². The van der Waals surface area contributed by atoms with Gasteiger partial charge in [0.2, 0.25) is 0 Å². The average molecular weight is 410 g/mol. The first-order valence-corrected chi connectivity index (χ1v) is 9.73. The lowest BCUT2D eigenvalue weighted by Crippen LogP contribution is -2.27. The number of hydrogen-bond donors (Lipinski definition) is 1. The van der Waals surface area contributed by atoms with Crippen LogP contribution in [0.2, 0.25) is 0 Å². The van der Waals surface area contributed by atoms with Crippen LogP contribution in [0.4, 0.5) is 4.79 Å². The van der Waals surface area contributed by atoms with Gasteiger partial charge in [-0.3, -0.25) is 14.9 Å². The second-order valence-corrected chi connectivity index (χ2v) is 8.57. The number of benzene rings is 1. The van der Waals surface area contributed by atoms with Gasteiger partial charge in [-0.1, -0.05) is 32.3 Å². The minimum atomic E-state index is -0.341. The van der Waals surface area contributed by atoms with Gasteiger partial charge in [0, 0.05) is 5.41 Å². The molecule has 2 amide bonds. The number of carbonyl (C=O) groups excluding carboxylic acids is 2. The van der Waals surface area contributed by atoms with Crippen LogP contribution in [-0.4, -0.2) is 17.8 Å². The Morgan fingerprint density at radius 2 is 2.04 bits per heavy atom. The normalized spacial score (nSPS) is 21.8. The first-order chi connectivity index (χ1) is 11.5. The molecule has 128 valence electrons. The van der Waals surface area contributed by atoms with Crippen molar-refractivity contribution in [1.29, 1.82) is 0 Å². The van der Waals surface area contributed by atoms with Crippen LogP contribution in [0.25, 0.3) is 6.08 Å². The van der Waals surface area contributed by atoms with Crippen molar-refractivity contribution < 1.29 is 14.3 Å². The predicted molar refractivity (Wildman–Crippen MR) is 99.9 cm³/mol. The quantitative estimate of drug-likeness (QED) is 0.700. The number of imide groups is 1. The van der Waals surface area contributed by atoms with Crippen LogP contribution in [0, 0.1) is 5.41 Å². The maximum Gasteiger partial charge on any atom is 0.290 e. The second kappa shape index (κ2) is 7.31. The van der Waals surface area contributed by atoms with Crippen molar-refractivity contribution in [2.75, 3.05) is 6.61 Å². The molecule has 1 aromatic carbocycles. The van der Waals surface area contributed by atoms with Gasteiger partial charge < -0.3 is 4.74 Å². The molecule has 4 nitrogen and oxygen atoms in total. The minimum absolute atomic E-state index is 0.261. The highest BCUT2D eigenvalue weighted by molar-refractivity contribution is 9.10. The molecule has 1 aliphatic heterocycles. The lowest BCUT2D eigenvalue weighted by Gasteiger charge is -2.33. The van der Waals surface area contributed by atoms with E-state index in [0.717, 1.165) is 34.2 Å². The van der Waals surface area contributed by atoms with Crippen LogP contribution in [0.1, 0.15) is 44.6 Å². The Hall–Kier alpha value is -1.27. The largest absolute Gasteiger partial charge is 0.492 e. The fourth-order valence-electron chi connectivity index (χ4n) is 3.10. The van der Waals surface area contributed by atoms with Gasteiger partial charge in [0.1, 0.15) is 5.75 Å². The minimum Gasteiger partial charge on any atom is -0.492 e. The summed E-state index contributed by atoms with van der Waals surface area (Å²) in [5.74, 6) is 0.468. The van der Waals surface area contributed by atoms with E-state index >= 15 is 0 Å². The van der Waals surface area contributed by atoms with E-state index in [2.05, 4.69) is 28.2 Å². The number of rotatable bonds is 4. The van der Waals surface area contributed by atoms with Crippen LogP contribution in [0.15, 0.2) is 27.6 Å². The van der Waals surface area contributed by atoms with Gasteiger partial charge in [0.25, 0.3) is 11.1 Å². The molecule has 0 atom stereocenters. The van der Waals surface area contributed by atoms with E-state index in [1.165, 1.54) is 32.1 Å². The molecule has 0 spiro atoms. The van der Waals surface area contributed by atoms with Gasteiger partial charge in [-0.2, -0.15) is 0 Å². The number of halogens is 1. The second-order valence-electron chi connectivity index (χ2n) is 6.70. The third-order valence-corrected chi connectivity index (χ3v) is 5.96. The van der Waals surface area contributed by atoms with Crippen LogP contribution >= 0.6 is 27.7 Å². The summed E-state index contributed by atoms with van der Waals surface area (Å²) in [4.78, 5) is 23.2. The van der Waals surface area contributed by atoms with Crippen molar-refractivity contribution in [2.24, 2.45) is 5.41 Å². The van der Waals surface area contributed by atoms with E-state index in [1.54, 1.807) is 6.08 Å². The summed E-state index contributed by atoms with van der Waals surface area (Å²) in [6, 6.07) is 5.71. The molecule has 1 aromatic rings. The number of hydrogen-bond acceptors (Lipinski definition) is 4. The molecule has 1 N–H and O–H groups in total. The molecule has 1 heterocycles. The first kappa shape index (κ1) is 17.5. The van der Waals surface area contributed by atoms with Crippen LogP contribution < -0.4 is 10.1 Å². The third kappa shape index (κ3) is 4.22. The van der Waals surface area contributed by atoms with E-state index in [0.29, 0.717) is 4.91 Å². The van der Waals surface area contributed by atoms with Gasteiger partial charge in [-0.05, 0) is 64.3 Å². The highest BCUT2D eigenvalue weighted by Gasteiger charge is 2.28. The Morgan fingerprint density at radius 1 is 1.29 bits per heavy atom. The molecule has 24 heavy (non-hydrogen) atoms. The fraction of sp³-hybridized carbons (Fsp3) is 0.444. The van der Waals surface area contributed by atoms with Crippen molar-refractivity contribution in [2.45, 2.75) is 39.0 Å². The number of amides is 2. The number of nitrogens with one attached hydrogen (secondary N) is 1. The standard InChI is InChI=1S/C18H20BrNO3S/c1-18(7-3-2-4-8-18)11-23-14-6-5-12(9-13(14)19)10-15-16(21)20-17(22)24-15/h5-6,9-10H,2-4,7-8,11H2,1H3,(H,20,21,22). The van der Waals surface area contributed by atoms with Gasteiger partial charge in [-0.15, -0.1) is 0 Å². The van der Waals surface area contributed by atoms with Crippen LogP contribution in [0.3, 0.4) is 0 Å². The zero-order valence-electron chi connectivity index (χ0n) is 13.6. The molecule has 0 bridgehead atoms. The zero-order valence-corrected chi connectivity index (χ0v) is 16.0.